The quantitative estimate of drug-likeness (QED) is 0.858. The SMILES string of the molecule is Cn1cnnc1CCNS(=O)(=O)c1cccc(F)c1C#N. The minimum Gasteiger partial charge on any atom is -0.321 e. The molecule has 0 bridgehead atoms. The minimum absolute atomic E-state index is 0.0657. The van der Waals surface area contributed by atoms with Crippen LogP contribution in [-0.4, -0.2) is 29.7 Å². The number of sulfonamides is 1. The molecule has 21 heavy (non-hydrogen) atoms. The van der Waals surface area contributed by atoms with Crippen LogP contribution in [0, 0.1) is 17.1 Å². The Balaban J connectivity index is 2.15. The van der Waals surface area contributed by atoms with Crippen LogP contribution in [-0.2, 0) is 23.5 Å². The van der Waals surface area contributed by atoms with Crippen molar-refractivity contribution in [3.05, 3.63) is 41.7 Å². The van der Waals surface area contributed by atoms with Crippen molar-refractivity contribution < 1.29 is 12.8 Å². The molecule has 110 valence electrons. The van der Waals surface area contributed by atoms with Gasteiger partial charge in [-0.25, -0.2) is 17.5 Å². The second-order valence-electron chi connectivity index (χ2n) is 4.23. The second-order valence-corrected chi connectivity index (χ2v) is 5.97. The summed E-state index contributed by atoms with van der Waals surface area (Å²) < 4.78 is 41.6. The normalized spacial score (nSPS) is 11.3. The van der Waals surface area contributed by atoms with Crippen molar-refractivity contribution in [2.24, 2.45) is 7.05 Å². The standard InChI is InChI=1S/C12H12FN5O2S/c1-18-8-15-17-12(18)5-6-16-21(19,20)11-4-2-3-10(13)9(11)7-14/h2-4,8,16H,5-6H2,1H3. The summed E-state index contributed by atoms with van der Waals surface area (Å²) in [6, 6.07) is 5.03. The van der Waals surface area contributed by atoms with Crippen LogP contribution in [0.25, 0.3) is 0 Å². The van der Waals surface area contributed by atoms with Crippen LogP contribution in [0.2, 0.25) is 0 Å². The number of nitrogens with one attached hydrogen (secondary N) is 1. The number of halogens is 1. The Bertz CT molecular complexity index is 794. The van der Waals surface area contributed by atoms with Gasteiger partial charge in [0.15, 0.2) is 0 Å². The Morgan fingerprint density at radius 1 is 1.48 bits per heavy atom. The highest BCUT2D eigenvalue weighted by atomic mass is 32.2. The molecule has 0 aliphatic rings. The topological polar surface area (TPSA) is 101 Å². The number of nitrogens with zero attached hydrogens (tertiary/aromatic N) is 4. The van der Waals surface area contributed by atoms with Crippen molar-refractivity contribution in [1.82, 2.24) is 19.5 Å². The maximum atomic E-state index is 13.4. The van der Waals surface area contributed by atoms with Crippen LogP contribution in [0.4, 0.5) is 4.39 Å². The van der Waals surface area contributed by atoms with E-state index in [1.807, 2.05) is 0 Å². The predicted octanol–water partition coefficient (Wildman–Crippen LogP) is 0.347. The summed E-state index contributed by atoms with van der Waals surface area (Å²) in [6.07, 6.45) is 1.83. The Labute approximate surface area is 121 Å². The van der Waals surface area contributed by atoms with Gasteiger partial charge in [0, 0.05) is 20.0 Å². The molecule has 1 heterocycles. The van der Waals surface area contributed by atoms with Gasteiger partial charge in [0.1, 0.15) is 34.5 Å². The van der Waals surface area contributed by atoms with E-state index in [2.05, 4.69) is 14.9 Å². The van der Waals surface area contributed by atoms with Crippen LogP contribution in [0.1, 0.15) is 11.4 Å². The van der Waals surface area contributed by atoms with Crippen molar-refractivity contribution in [1.29, 1.82) is 5.26 Å². The first-order valence-electron chi connectivity index (χ1n) is 5.97. The first-order chi connectivity index (χ1) is 9.95. The molecule has 1 N–H and O–H groups in total. The van der Waals surface area contributed by atoms with Crippen LogP contribution in [0.3, 0.4) is 0 Å². The fourth-order valence-electron chi connectivity index (χ4n) is 1.75. The molecule has 9 heteroatoms. The number of benzene rings is 1. The second kappa shape index (κ2) is 5.99. The van der Waals surface area contributed by atoms with E-state index >= 15 is 0 Å². The van der Waals surface area contributed by atoms with Gasteiger partial charge >= 0.3 is 0 Å². The molecule has 0 amide bonds. The minimum atomic E-state index is -3.96. The lowest BCUT2D eigenvalue weighted by Crippen LogP contribution is -2.27. The summed E-state index contributed by atoms with van der Waals surface area (Å²) in [5, 5.41) is 16.4. The largest absolute Gasteiger partial charge is 0.321 e. The molecule has 1 aromatic heterocycles. The molecule has 0 spiro atoms. The van der Waals surface area contributed by atoms with Crippen molar-refractivity contribution in [2.75, 3.05) is 6.54 Å². The molecule has 0 atom stereocenters. The number of hydrogen-bond acceptors (Lipinski definition) is 5. The van der Waals surface area contributed by atoms with E-state index in [4.69, 9.17) is 5.26 Å². The number of nitriles is 1. The molecule has 1 aromatic carbocycles. The average molecular weight is 309 g/mol. The van der Waals surface area contributed by atoms with Crippen LogP contribution >= 0.6 is 0 Å². The molecule has 0 radical (unpaired) electrons. The van der Waals surface area contributed by atoms with Gasteiger partial charge < -0.3 is 4.57 Å². The van der Waals surface area contributed by atoms with Gasteiger partial charge in [-0.15, -0.1) is 10.2 Å². The molecule has 0 aliphatic carbocycles. The highest BCUT2D eigenvalue weighted by molar-refractivity contribution is 7.89. The van der Waals surface area contributed by atoms with E-state index in [0.29, 0.717) is 12.2 Å². The van der Waals surface area contributed by atoms with Crippen LogP contribution < -0.4 is 4.72 Å². The van der Waals surface area contributed by atoms with E-state index in [0.717, 1.165) is 6.07 Å². The van der Waals surface area contributed by atoms with Gasteiger partial charge in [-0.3, -0.25) is 0 Å². The Hall–Kier alpha value is -2.31. The highest BCUT2D eigenvalue weighted by Gasteiger charge is 2.20. The van der Waals surface area contributed by atoms with Crippen LogP contribution in [0.5, 0.6) is 0 Å². The molecular formula is C12H12FN5O2S. The van der Waals surface area contributed by atoms with E-state index in [-0.39, 0.29) is 11.4 Å². The van der Waals surface area contributed by atoms with Crippen molar-refractivity contribution in [2.45, 2.75) is 11.3 Å². The lowest BCUT2D eigenvalue weighted by molar-refractivity contribution is 0.575. The van der Waals surface area contributed by atoms with Crippen molar-refractivity contribution in [3.8, 4) is 6.07 Å². The highest BCUT2D eigenvalue weighted by Crippen LogP contribution is 2.17. The number of rotatable bonds is 5. The summed E-state index contributed by atoms with van der Waals surface area (Å²) in [6.45, 7) is 0.0657. The fourth-order valence-corrected chi connectivity index (χ4v) is 2.94. The molecule has 0 unspecified atom stereocenters. The van der Waals surface area contributed by atoms with Gasteiger partial charge in [0.05, 0.1) is 0 Å². The van der Waals surface area contributed by atoms with E-state index in [9.17, 15) is 12.8 Å². The molecule has 0 aliphatic heterocycles. The summed E-state index contributed by atoms with van der Waals surface area (Å²) in [5.74, 6) is -0.258. The Morgan fingerprint density at radius 3 is 2.86 bits per heavy atom. The first kappa shape index (κ1) is 15.1. The molecule has 0 fully saturated rings. The zero-order chi connectivity index (χ0) is 15.5. The van der Waals surface area contributed by atoms with E-state index in [1.165, 1.54) is 18.5 Å². The van der Waals surface area contributed by atoms with E-state index in [1.54, 1.807) is 17.7 Å². The van der Waals surface area contributed by atoms with Crippen molar-refractivity contribution in [3.63, 3.8) is 0 Å². The molecule has 2 rings (SSSR count). The van der Waals surface area contributed by atoms with Crippen molar-refractivity contribution >= 4 is 10.0 Å². The molecule has 0 saturated carbocycles. The van der Waals surface area contributed by atoms with Gasteiger partial charge in [-0.05, 0) is 12.1 Å². The maximum absolute atomic E-state index is 13.4. The number of aryl methyl sites for hydroxylation is 1. The molecule has 0 saturated heterocycles. The first-order valence-corrected chi connectivity index (χ1v) is 7.45. The zero-order valence-electron chi connectivity index (χ0n) is 11.1. The van der Waals surface area contributed by atoms with Gasteiger partial charge in [0.2, 0.25) is 10.0 Å². The van der Waals surface area contributed by atoms with Gasteiger partial charge in [-0.1, -0.05) is 6.07 Å². The van der Waals surface area contributed by atoms with Gasteiger partial charge in [-0.2, -0.15) is 5.26 Å². The third-order valence-corrected chi connectivity index (χ3v) is 4.33. The fraction of sp³-hybridized carbons (Fsp3) is 0.250. The third kappa shape index (κ3) is 3.24. The summed E-state index contributed by atoms with van der Waals surface area (Å²) in [7, 11) is -2.22. The Kier molecular flexibility index (Phi) is 4.30. The molecular weight excluding hydrogens is 297 g/mol. The van der Waals surface area contributed by atoms with Crippen LogP contribution in [0.15, 0.2) is 29.4 Å². The molecule has 2 aromatic rings. The smallest absolute Gasteiger partial charge is 0.242 e. The Morgan fingerprint density at radius 2 is 2.24 bits per heavy atom. The predicted molar refractivity (Wildman–Crippen MR) is 71.0 cm³/mol. The summed E-state index contributed by atoms with van der Waals surface area (Å²) >= 11 is 0. The lowest BCUT2D eigenvalue weighted by Gasteiger charge is -2.08. The lowest BCUT2D eigenvalue weighted by atomic mass is 10.2. The third-order valence-electron chi connectivity index (χ3n) is 2.82. The van der Waals surface area contributed by atoms with E-state index < -0.39 is 21.4 Å². The zero-order valence-corrected chi connectivity index (χ0v) is 11.9. The molecule has 7 nitrogen and oxygen atoms in total. The average Bonchev–Trinajstić information content (AvgIpc) is 2.84. The maximum Gasteiger partial charge on any atom is 0.242 e. The van der Waals surface area contributed by atoms with Gasteiger partial charge in [0.25, 0.3) is 0 Å². The summed E-state index contributed by atoms with van der Waals surface area (Å²) in [4.78, 5) is -0.372. The summed E-state index contributed by atoms with van der Waals surface area (Å²) in [5.41, 5.74) is -0.497. The number of aromatic nitrogens is 3. The number of hydrogen-bond donors (Lipinski definition) is 1. The monoisotopic (exact) mass is 309 g/mol.